The molecule has 0 fully saturated rings. The fourth-order valence-corrected chi connectivity index (χ4v) is 1.25. The molecule has 0 heterocycles. The third-order valence-corrected chi connectivity index (χ3v) is 1.97. The molecule has 1 aromatic carbocycles. The summed E-state index contributed by atoms with van der Waals surface area (Å²) in [7, 11) is 0. The number of benzene rings is 1. The van der Waals surface area contributed by atoms with Crippen molar-refractivity contribution >= 4 is 11.6 Å². The number of nitrogens with two attached hydrogens (primary N) is 1. The molecule has 3 N–H and O–H groups in total. The number of amides is 1. The van der Waals surface area contributed by atoms with Crippen molar-refractivity contribution < 1.29 is 9.53 Å². The maximum absolute atomic E-state index is 11.6. The van der Waals surface area contributed by atoms with Gasteiger partial charge in [-0.3, -0.25) is 4.79 Å². The lowest BCUT2D eigenvalue weighted by atomic mass is 10.3. The normalized spacial score (nSPS) is 12.2. The first-order valence-corrected chi connectivity index (χ1v) is 5.31. The summed E-state index contributed by atoms with van der Waals surface area (Å²) in [5.74, 6) is 0.476. The molecule has 1 atom stereocenters. The van der Waals surface area contributed by atoms with Crippen molar-refractivity contribution in [3.8, 4) is 5.75 Å². The summed E-state index contributed by atoms with van der Waals surface area (Å²) in [4.78, 5) is 11.6. The van der Waals surface area contributed by atoms with Gasteiger partial charge in [-0.2, -0.15) is 0 Å². The van der Waals surface area contributed by atoms with Gasteiger partial charge in [0.1, 0.15) is 5.75 Å². The third kappa shape index (κ3) is 3.81. The lowest BCUT2D eigenvalue weighted by Crippen LogP contribution is -2.40. The van der Waals surface area contributed by atoms with E-state index >= 15 is 0 Å². The molecule has 1 amide bonds. The first-order valence-electron chi connectivity index (χ1n) is 5.31. The van der Waals surface area contributed by atoms with Gasteiger partial charge in [-0.25, -0.2) is 0 Å². The van der Waals surface area contributed by atoms with Crippen molar-refractivity contribution in [2.24, 2.45) is 0 Å². The van der Waals surface area contributed by atoms with Gasteiger partial charge in [-0.1, -0.05) is 6.07 Å². The highest BCUT2D eigenvalue weighted by Crippen LogP contribution is 2.15. The third-order valence-electron chi connectivity index (χ3n) is 1.97. The van der Waals surface area contributed by atoms with Crippen molar-refractivity contribution in [1.82, 2.24) is 5.32 Å². The van der Waals surface area contributed by atoms with Crippen molar-refractivity contribution in [1.29, 1.82) is 0 Å². The summed E-state index contributed by atoms with van der Waals surface area (Å²) in [5.41, 5.74) is 6.23. The van der Waals surface area contributed by atoms with Crippen molar-refractivity contribution in [3.63, 3.8) is 0 Å². The highest BCUT2D eigenvalue weighted by Gasteiger charge is 2.15. The predicted molar refractivity (Wildman–Crippen MR) is 64.2 cm³/mol. The number of nitrogen functional groups attached to an aromatic ring is 1. The van der Waals surface area contributed by atoms with E-state index in [9.17, 15) is 4.79 Å². The fraction of sp³-hybridized carbons (Fsp3) is 0.417. The molecule has 0 aliphatic rings. The van der Waals surface area contributed by atoms with Gasteiger partial charge in [0.2, 0.25) is 0 Å². The zero-order valence-electron chi connectivity index (χ0n) is 9.86. The molecule has 0 saturated carbocycles. The lowest BCUT2D eigenvalue weighted by molar-refractivity contribution is -0.127. The number of hydrogen-bond acceptors (Lipinski definition) is 3. The Labute approximate surface area is 95.8 Å². The second kappa shape index (κ2) is 5.39. The molecule has 0 aliphatic heterocycles. The summed E-state index contributed by atoms with van der Waals surface area (Å²) in [5, 5.41) is 2.78. The van der Waals surface area contributed by atoms with Crippen LogP contribution in [0.15, 0.2) is 24.3 Å². The quantitative estimate of drug-likeness (QED) is 0.760. The van der Waals surface area contributed by atoms with E-state index in [4.69, 9.17) is 10.5 Å². The summed E-state index contributed by atoms with van der Waals surface area (Å²) < 4.78 is 5.47. The zero-order valence-corrected chi connectivity index (χ0v) is 9.86. The average molecular weight is 222 g/mol. The Balaban J connectivity index is 2.57. The van der Waals surface area contributed by atoms with E-state index in [0.29, 0.717) is 11.4 Å². The molecule has 88 valence electrons. The minimum absolute atomic E-state index is 0.111. The number of carbonyl (C=O) groups excluding carboxylic acids is 1. The predicted octanol–water partition coefficient (Wildman–Crippen LogP) is 1.56. The van der Waals surface area contributed by atoms with Gasteiger partial charge in [-0.15, -0.1) is 0 Å². The standard InChI is InChI=1S/C12H18N2O2/c1-8(2)14-12(15)9(3)16-11-6-4-5-10(13)7-11/h4-9H,13H2,1-3H3,(H,14,15)/t9-/m0/s1. The molecule has 0 radical (unpaired) electrons. The van der Waals surface area contributed by atoms with Crippen LogP contribution in [0.25, 0.3) is 0 Å². The second-order valence-electron chi connectivity index (χ2n) is 4.00. The van der Waals surface area contributed by atoms with Crippen LogP contribution in [0.5, 0.6) is 5.75 Å². The number of carbonyl (C=O) groups is 1. The minimum atomic E-state index is -0.524. The molecule has 16 heavy (non-hydrogen) atoms. The van der Waals surface area contributed by atoms with Crippen LogP contribution < -0.4 is 15.8 Å². The number of nitrogens with one attached hydrogen (secondary N) is 1. The Bertz CT molecular complexity index is 364. The van der Waals surface area contributed by atoms with Crippen LogP contribution in [0.4, 0.5) is 5.69 Å². The Morgan fingerprint density at radius 3 is 2.62 bits per heavy atom. The summed E-state index contributed by atoms with van der Waals surface area (Å²) >= 11 is 0. The van der Waals surface area contributed by atoms with Crippen LogP contribution in [-0.2, 0) is 4.79 Å². The molecule has 0 saturated heterocycles. The summed E-state index contributed by atoms with van der Waals surface area (Å²) in [6.07, 6.45) is -0.524. The molecule has 0 aromatic heterocycles. The van der Waals surface area contributed by atoms with E-state index in [1.165, 1.54) is 0 Å². The van der Waals surface area contributed by atoms with E-state index in [2.05, 4.69) is 5.32 Å². The minimum Gasteiger partial charge on any atom is -0.481 e. The van der Waals surface area contributed by atoms with E-state index in [-0.39, 0.29) is 11.9 Å². The molecule has 1 rings (SSSR count). The smallest absolute Gasteiger partial charge is 0.260 e. The Hall–Kier alpha value is -1.71. The molecule has 0 spiro atoms. The molecular formula is C12H18N2O2. The Morgan fingerprint density at radius 1 is 1.38 bits per heavy atom. The molecule has 0 unspecified atom stereocenters. The highest BCUT2D eigenvalue weighted by atomic mass is 16.5. The molecule has 4 heteroatoms. The zero-order chi connectivity index (χ0) is 12.1. The van der Waals surface area contributed by atoms with Gasteiger partial charge >= 0.3 is 0 Å². The number of ether oxygens (including phenoxy) is 1. The van der Waals surface area contributed by atoms with Crippen molar-refractivity contribution in [2.75, 3.05) is 5.73 Å². The van der Waals surface area contributed by atoms with Crippen LogP contribution in [0.2, 0.25) is 0 Å². The van der Waals surface area contributed by atoms with E-state index < -0.39 is 6.10 Å². The summed E-state index contributed by atoms with van der Waals surface area (Å²) in [6, 6.07) is 7.14. The largest absolute Gasteiger partial charge is 0.481 e. The van der Waals surface area contributed by atoms with Crippen LogP contribution in [0, 0.1) is 0 Å². The van der Waals surface area contributed by atoms with Gasteiger partial charge in [0.25, 0.3) is 5.91 Å². The number of anilines is 1. The van der Waals surface area contributed by atoms with Crippen LogP contribution in [-0.4, -0.2) is 18.1 Å². The fourth-order valence-electron chi connectivity index (χ4n) is 1.25. The topological polar surface area (TPSA) is 64.3 Å². The van der Waals surface area contributed by atoms with Crippen molar-refractivity contribution in [3.05, 3.63) is 24.3 Å². The van der Waals surface area contributed by atoms with Gasteiger partial charge < -0.3 is 15.8 Å². The van der Waals surface area contributed by atoms with E-state index in [1.54, 1.807) is 31.2 Å². The SMILES string of the molecule is CC(C)NC(=O)[C@H](C)Oc1cccc(N)c1. The van der Waals surface area contributed by atoms with E-state index in [0.717, 1.165) is 0 Å². The molecule has 0 bridgehead atoms. The first kappa shape index (κ1) is 12.4. The van der Waals surface area contributed by atoms with Gasteiger partial charge in [0, 0.05) is 17.8 Å². The first-order chi connectivity index (χ1) is 7.49. The lowest BCUT2D eigenvalue weighted by Gasteiger charge is -2.16. The average Bonchev–Trinajstić information content (AvgIpc) is 2.16. The van der Waals surface area contributed by atoms with Crippen LogP contribution >= 0.6 is 0 Å². The maximum Gasteiger partial charge on any atom is 0.260 e. The van der Waals surface area contributed by atoms with Crippen LogP contribution in [0.3, 0.4) is 0 Å². The maximum atomic E-state index is 11.6. The molecule has 4 nitrogen and oxygen atoms in total. The number of hydrogen-bond donors (Lipinski definition) is 2. The second-order valence-corrected chi connectivity index (χ2v) is 4.00. The molecular weight excluding hydrogens is 204 g/mol. The van der Waals surface area contributed by atoms with Gasteiger partial charge in [-0.05, 0) is 32.9 Å². The molecule has 1 aromatic rings. The summed E-state index contributed by atoms with van der Waals surface area (Å²) in [6.45, 7) is 5.52. The molecule has 0 aliphatic carbocycles. The Kier molecular flexibility index (Phi) is 4.17. The monoisotopic (exact) mass is 222 g/mol. The highest BCUT2D eigenvalue weighted by molar-refractivity contribution is 5.80. The Morgan fingerprint density at radius 2 is 2.06 bits per heavy atom. The number of rotatable bonds is 4. The van der Waals surface area contributed by atoms with Crippen LogP contribution in [0.1, 0.15) is 20.8 Å². The van der Waals surface area contributed by atoms with E-state index in [1.807, 2.05) is 13.8 Å². The van der Waals surface area contributed by atoms with Crippen molar-refractivity contribution in [2.45, 2.75) is 32.9 Å². The van der Waals surface area contributed by atoms with Gasteiger partial charge in [0.15, 0.2) is 6.10 Å². The van der Waals surface area contributed by atoms with Gasteiger partial charge in [0.05, 0.1) is 0 Å².